The van der Waals surface area contributed by atoms with Crippen LogP contribution in [0, 0.1) is 0 Å². The SMILES string of the molecule is O=C(NC1CCC(NCC(F)F)CC1)c1nc(-n2ccnc2)nc2ncccc12. The van der Waals surface area contributed by atoms with Crippen molar-refractivity contribution in [1.82, 2.24) is 35.1 Å². The number of rotatable bonds is 6. The minimum Gasteiger partial charge on any atom is -0.348 e. The minimum atomic E-state index is -2.35. The van der Waals surface area contributed by atoms with Crippen LogP contribution in [0.15, 0.2) is 37.1 Å². The average Bonchev–Trinajstić information content (AvgIpc) is 3.27. The molecule has 1 aliphatic carbocycles. The molecule has 1 amide bonds. The lowest BCUT2D eigenvalue weighted by Gasteiger charge is -2.29. The molecule has 29 heavy (non-hydrogen) atoms. The second-order valence-corrected chi connectivity index (χ2v) is 7.04. The molecule has 0 atom stereocenters. The molecule has 3 heterocycles. The summed E-state index contributed by atoms with van der Waals surface area (Å²) in [4.78, 5) is 30.1. The molecule has 2 N–H and O–H groups in total. The van der Waals surface area contributed by atoms with Gasteiger partial charge < -0.3 is 10.6 Å². The van der Waals surface area contributed by atoms with Gasteiger partial charge in [-0.25, -0.2) is 23.7 Å². The van der Waals surface area contributed by atoms with E-state index in [1.807, 2.05) is 0 Å². The van der Waals surface area contributed by atoms with Gasteiger partial charge in [-0.3, -0.25) is 9.36 Å². The Morgan fingerprint density at radius 2 is 1.97 bits per heavy atom. The van der Waals surface area contributed by atoms with Crippen LogP contribution in [0.5, 0.6) is 0 Å². The number of nitrogens with one attached hydrogen (secondary N) is 2. The number of halogens is 2. The van der Waals surface area contributed by atoms with E-state index < -0.39 is 6.43 Å². The average molecular weight is 401 g/mol. The number of hydrogen-bond acceptors (Lipinski definition) is 6. The van der Waals surface area contributed by atoms with Gasteiger partial charge in [0.25, 0.3) is 12.3 Å². The number of alkyl halides is 2. The highest BCUT2D eigenvalue weighted by atomic mass is 19.3. The quantitative estimate of drug-likeness (QED) is 0.657. The second-order valence-electron chi connectivity index (χ2n) is 7.04. The number of carbonyl (C=O) groups excluding carboxylic acids is 1. The first-order chi connectivity index (χ1) is 14.1. The molecular formula is C19H21F2N7O. The van der Waals surface area contributed by atoms with E-state index in [-0.39, 0.29) is 30.2 Å². The molecule has 1 aliphatic rings. The molecular weight excluding hydrogens is 380 g/mol. The van der Waals surface area contributed by atoms with E-state index in [9.17, 15) is 13.6 Å². The molecule has 0 aromatic carbocycles. The van der Waals surface area contributed by atoms with E-state index in [2.05, 4.69) is 30.6 Å². The maximum Gasteiger partial charge on any atom is 0.271 e. The number of imidazole rings is 1. The van der Waals surface area contributed by atoms with Gasteiger partial charge in [-0.05, 0) is 37.8 Å². The Kier molecular flexibility index (Phi) is 5.70. The Bertz CT molecular complexity index is 972. The third kappa shape index (κ3) is 4.53. The van der Waals surface area contributed by atoms with Crippen molar-refractivity contribution in [3.8, 4) is 5.95 Å². The van der Waals surface area contributed by atoms with E-state index in [0.29, 0.717) is 17.0 Å². The Labute approximate surface area is 165 Å². The van der Waals surface area contributed by atoms with Crippen LogP contribution < -0.4 is 10.6 Å². The number of fused-ring (bicyclic) bond motifs is 1. The van der Waals surface area contributed by atoms with Crippen molar-refractivity contribution < 1.29 is 13.6 Å². The molecule has 0 aliphatic heterocycles. The van der Waals surface area contributed by atoms with Gasteiger partial charge in [0, 0.05) is 30.7 Å². The van der Waals surface area contributed by atoms with Crippen LogP contribution in [0.3, 0.4) is 0 Å². The zero-order valence-electron chi connectivity index (χ0n) is 15.6. The fourth-order valence-corrected chi connectivity index (χ4v) is 3.57. The van der Waals surface area contributed by atoms with Crippen molar-refractivity contribution in [3.63, 3.8) is 0 Å². The topological polar surface area (TPSA) is 97.6 Å². The van der Waals surface area contributed by atoms with Gasteiger partial charge in [-0.1, -0.05) is 0 Å². The van der Waals surface area contributed by atoms with Crippen molar-refractivity contribution in [2.75, 3.05) is 6.54 Å². The highest BCUT2D eigenvalue weighted by Crippen LogP contribution is 2.21. The lowest BCUT2D eigenvalue weighted by atomic mass is 9.91. The largest absolute Gasteiger partial charge is 0.348 e. The molecule has 10 heteroatoms. The van der Waals surface area contributed by atoms with Crippen LogP contribution in [-0.2, 0) is 0 Å². The van der Waals surface area contributed by atoms with Crippen molar-refractivity contribution in [2.45, 2.75) is 44.2 Å². The number of carbonyl (C=O) groups is 1. The summed E-state index contributed by atoms with van der Waals surface area (Å²) in [6, 6.07) is 3.54. The molecule has 4 rings (SSSR count). The summed E-state index contributed by atoms with van der Waals surface area (Å²) in [5.74, 6) is 0.0227. The first-order valence-electron chi connectivity index (χ1n) is 9.53. The van der Waals surface area contributed by atoms with Crippen molar-refractivity contribution in [3.05, 3.63) is 42.7 Å². The molecule has 152 valence electrons. The van der Waals surface area contributed by atoms with Crippen molar-refractivity contribution in [1.29, 1.82) is 0 Å². The summed E-state index contributed by atoms with van der Waals surface area (Å²) in [5.41, 5.74) is 0.681. The molecule has 0 radical (unpaired) electrons. The first-order valence-corrected chi connectivity index (χ1v) is 9.53. The second kappa shape index (κ2) is 8.56. The summed E-state index contributed by atoms with van der Waals surface area (Å²) < 4.78 is 26.3. The Hall–Kier alpha value is -3.01. The third-order valence-corrected chi connectivity index (χ3v) is 5.03. The summed E-state index contributed by atoms with van der Waals surface area (Å²) in [7, 11) is 0. The Morgan fingerprint density at radius 1 is 1.17 bits per heavy atom. The molecule has 0 bridgehead atoms. The van der Waals surface area contributed by atoms with E-state index in [1.165, 1.54) is 0 Å². The van der Waals surface area contributed by atoms with E-state index in [4.69, 9.17) is 0 Å². The van der Waals surface area contributed by atoms with Gasteiger partial charge in [0.1, 0.15) is 12.0 Å². The molecule has 0 saturated heterocycles. The van der Waals surface area contributed by atoms with Gasteiger partial charge >= 0.3 is 0 Å². The fraction of sp³-hybridized carbons (Fsp3) is 0.421. The van der Waals surface area contributed by atoms with Crippen LogP contribution in [0.4, 0.5) is 8.78 Å². The van der Waals surface area contributed by atoms with Gasteiger partial charge in [-0.2, -0.15) is 4.98 Å². The van der Waals surface area contributed by atoms with E-state index in [0.717, 1.165) is 25.7 Å². The van der Waals surface area contributed by atoms with Gasteiger partial charge in [0.15, 0.2) is 5.65 Å². The third-order valence-electron chi connectivity index (χ3n) is 5.03. The summed E-state index contributed by atoms with van der Waals surface area (Å²) in [6.07, 6.45) is 7.04. The molecule has 1 saturated carbocycles. The Balaban J connectivity index is 1.49. The number of nitrogens with zero attached hydrogens (tertiary/aromatic N) is 5. The lowest BCUT2D eigenvalue weighted by Crippen LogP contribution is -2.43. The summed E-state index contributed by atoms with van der Waals surface area (Å²) >= 11 is 0. The first kappa shape index (κ1) is 19.3. The number of aromatic nitrogens is 5. The molecule has 3 aromatic rings. The van der Waals surface area contributed by atoms with Gasteiger partial charge in [0.2, 0.25) is 5.95 Å². The molecule has 0 spiro atoms. The van der Waals surface area contributed by atoms with Crippen LogP contribution in [0.1, 0.15) is 36.2 Å². The fourth-order valence-electron chi connectivity index (χ4n) is 3.57. The summed E-state index contributed by atoms with van der Waals surface area (Å²) in [5, 5.41) is 6.47. The van der Waals surface area contributed by atoms with Gasteiger partial charge in [0.05, 0.1) is 11.9 Å². The monoisotopic (exact) mass is 401 g/mol. The summed E-state index contributed by atoms with van der Waals surface area (Å²) in [6.45, 7) is -0.293. The molecule has 0 unspecified atom stereocenters. The minimum absolute atomic E-state index is 0.0227. The predicted octanol–water partition coefficient (Wildman–Crippen LogP) is 2.11. The highest BCUT2D eigenvalue weighted by Gasteiger charge is 2.25. The molecule has 8 nitrogen and oxygen atoms in total. The van der Waals surface area contributed by atoms with Crippen LogP contribution in [0.25, 0.3) is 17.0 Å². The Morgan fingerprint density at radius 3 is 2.69 bits per heavy atom. The number of amides is 1. The number of hydrogen-bond donors (Lipinski definition) is 2. The highest BCUT2D eigenvalue weighted by molar-refractivity contribution is 6.03. The lowest BCUT2D eigenvalue weighted by molar-refractivity contribution is 0.0919. The van der Waals surface area contributed by atoms with Crippen molar-refractivity contribution in [2.24, 2.45) is 0 Å². The van der Waals surface area contributed by atoms with E-state index in [1.54, 1.807) is 41.6 Å². The van der Waals surface area contributed by atoms with Crippen molar-refractivity contribution >= 4 is 16.9 Å². The van der Waals surface area contributed by atoms with Crippen LogP contribution >= 0.6 is 0 Å². The maximum absolute atomic E-state index is 13.0. The standard InChI is InChI=1S/C19H21F2N7O/c20-15(21)10-24-12-3-5-13(6-4-12)25-18(29)16-14-2-1-7-23-17(14)27-19(26-16)28-9-8-22-11-28/h1-2,7-9,11-13,15,24H,3-6,10H2,(H,25,29). The normalized spacial score (nSPS) is 19.6. The zero-order valence-corrected chi connectivity index (χ0v) is 15.6. The number of pyridine rings is 1. The smallest absolute Gasteiger partial charge is 0.271 e. The zero-order chi connectivity index (χ0) is 20.2. The molecule has 1 fully saturated rings. The van der Waals surface area contributed by atoms with Crippen LogP contribution in [0.2, 0.25) is 0 Å². The predicted molar refractivity (Wildman–Crippen MR) is 102 cm³/mol. The maximum atomic E-state index is 13.0. The molecule has 3 aromatic heterocycles. The van der Waals surface area contributed by atoms with E-state index >= 15 is 0 Å². The van der Waals surface area contributed by atoms with Gasteiger partial charge in [-0.15, -0.1) is 0 Å². The van der Waals surface area contributed by atoms with Crippen LogP contribution in [-0.4, -0.2) is 55.5 Å².